The van der Waals surface area contributed by atoms with Gasteiger partial charge in [0, 0.05) is 24.3 Å². The molecule has 1 aliphatic heterocycles. The van der Waals surface area contributed by atoms with Crippen molar-refractivity contribution in [3.63, 3.8) is 0 Å². The van der Waals surface area contributed by atoms with Crippen molar-refractivity contribution >= 4 is 17.3 Å². The monoisotopic (exact) mass is 287 g/mol. The molecule has 0 radical (unpaired) electrons. The van der Waals surface area contributed by atoms with Crippen LogP contribution in [0.4, 0.5) is 5.69 Å². The molecule has 0 aromatic heterocycles. The lowest BCUT2D eigenvalue weighted by Crippen LogP contribution is -2.28. The van der Waals surface area contributed by atoms with E-state index in [-0.39, 0.29) is 5.75 Å². The Kier molecular flexibility index (Phi) is 3.58. The number of aromatic hydroxyl groups is 1. The van der Waals surface area contributed by atoms with Gasteiger partial charge in [0.2, 0.25) is 0 Å². The maximum absolute atomic E-state index is 10.1. The summed E-state index contributed by atoms with van der Waals surface area (Å²) < 4.78 is 0. The predicted molar refractivity (Wildman–Crippen MR) is 83.7 cm³/mol. The van der Waals surface area contributed by atoms with Crippen LogP contribution < -0.4 is 4.90 Å². The molecule has 2 aromatic carbocycles. The number of hydrogen-bond acceptors (Lipinski definition) is 2. The lowest BCUT2D eigenvalue weighted by Gasteiger charge is -2.32. The third kappa shape index (κ3) is 2.48. The minimum Gasteiger partial charge on any atom is -0.506 e. The molecule has 3 heteroatoms. The van der Waals surface area contributed by atoms with Crippen LogP contribution in [0.5, 0.6) is 5.75 Å². The summed E-state index contributed by atoms with van der Waals surface area (Å²) in [5.41, 5.74) is 4.86. The molecule has 0 saturated carbocycles. The lowest BCUT2D eigenvalue weighted by atomic mass is 9.99. The number of halogens is 1. The van der Waals surface area contributed by atoms with Crippen LogP contribution in [0.25, 0.3) is 0 Å². The minimum atomic E-state index is 0.202. The van der Waals surface area contributed by atoms with Gasteiger partial charge in [-0.05, 0) is 37.5 Å². The van der Waals surface area contributed by atoms with Gasteiger partial charge in [0.15, 0.2) is 0 Å². The molecular formula is C17H18ClNO. The second-order valence-electron chi connectivity index (χ2n) is 5.40. The fraction of sp³-hybridized carbons (Fsp3) is 0.294. The molecule has 2 nitrogen and oxygen atoms in total. The highest BCUT2D eigenvalue weighted by Gasteiger charge is 2.18. The van der Waals surface area contributed by atoms with Crippen LogP contribution in [0.15, 0.2) is 36.4 Å². The van der Waals surface area contributed by atoms with Gasteiger partial charge < -0.3 is 10.0 Å². The Labute approximate surface area is 124 Å². The largest absolute Gasteiger partial charge is 0.506 e. The quantitative estimate of drug-likeness (QED) is 0.890. The number of phenols is 1. The SMILES string of the molecule is Cc1ccc2c(c1)CCCN2Cc1cccc(Cl)c1O. The number of fused-ring (bicyclic) bond motifs is 1. The Morgan fingerprint density at radius 1 is 1.25 bits per heavy atom. The molecule has 0 aliphatic carbocycles. The molecule has 0 bridgehead atoms. The Morgan fingerprint density at radius 3 is 2.95 bits per heavy atom. The molecule has 0 amide bonds. The summed E-state index contributed by atoms with van der Waals surface area (Å²) in [6.45, 7) is 3.84. The maximum atomic E-state index is 10.1. The van der Waals surface area contributed by atoms with Crippen molar-refractivity contribution < 1.29 is 5.11 Å². The minimum absolute atomic E-state index is 0.202. The van der Waals surface area contributed by atoms with E-state index in [1.165, 1.54) is 16.8 Å². The summed E-state index contributed by atoms with van der Waals surface area (Å²) in [6.07, 6.45) is 2.28. The summed E-state index contributed by atoms with van der Waals surface area (Å²) in [5.74, 6) is 0.202. The van der Waals surface area contributed by atoms with Crippen LogP contribution in [0, 0.1) is 6.92 Å². The Hall–Kier alpha value is -1.67. The van der Waals surface area contributed by atoms with E-state index >= 15 is 0 Å². The van der Waals surface area contributed by atoms with Gasteiger partial charge in [-0.3, -0.25) is 0 Å². The molecule has 0 saturated heterocycles. The highest BCUT2D eigenvalue weighted by atomic mass is 35.5. The number of hydrogen-bond donors (Lipinski definition) is 1. The predicted octanol–water partition coefficient (Wildman–Crippen LogP) is 4.31. The van der Waals surface area contributed by atoms with Crippen molar-refractivity contribution in [2.45, 2.75) is 26.3 Å². The molecule has 0 spiro atoms. The third-order valence-corrected chi connectivity index (χ3v) is 4.19. The smallest absolute Gasteiger partial charge is 0.139 e. The van der Waals surface area contributed by atoms with Gasteiger partial charge in [-0.1, -0.05) is 41.4 Å². The summed E-state index contributed by atoms with van der Waals surface area (Å²) in [4.78, 5) is 2.32. The molecule has 0 fully saturated rings. The van der Waals surface area contributed by atoms with E-state index in [4.69, 9.17) is 11.6 Å². The summed E-state index contributed by atoms with van der Waals surface area (Å²) in [5, 5.41) is 10.5. The normalized spacial score (nSPS) is 14.2. The number of nitrogens with zero attached hydrogens (tertiary/aromatic N) is 1. The zero-order valence-electron chi connectivity index (χ0n) is 11.6. The zero-order valence-corrected chi connectivity index (χ0v) is 12.3. The van der Waals surface area contributed by atoms with E-state index in [1.54, 1.807) is 6.07 Å². The van der Waals surface area contributed by atoms with E-state index in [1.807, 2.05) is 12.1 Å². The Morgan fingerprint density at radius 2 is 2.10 bits per heavy atom. The molecule has 20 heavy (non-hydrogen) atoms. The fourth-order valence-corrected chi connectivity index (χ4v) is 3.06. The lowest BCUT2D eigenvalue weighted by molar-refractivity contribution is 0.467. The Bertz CT molecular complexity index is 639. The number of benzene rings is 2. The molecule has 1 N–H and O–H groups in total. The van der Waals surface area contributed by atoms with Crippen LogP contribution in [-0.4, -0.2) is 11.7 Å². The number of para-hydroxylation sites is 1. The number of rotatable bonds is 2. The van der Waals surface area contributed by atoms with Crippen molar-refractivity contribution in [3.8, 4) is 5.75 Å². The Balaban J connectivity index is 1.91. The summed E-state index contributed by atoms with van der Waals surface area (Å²) >= 11 is 5.98. The fourth-order valence-electron chi connectivity index (χ4n) is 2.86. The van der Waals surface area contributed by atoms with E-state index in [2.05, 4.69) is 30.0 Å². The van der Waals surface area contributed by atoms with Gasteiger partial charge in [0.05, 0.1) is 5.02 Å². The molecule has 1 heterocycles. The maximum Gasteiger partial charge on any atom is 0.139 e. The molecule has 104 valence electrons. The average molecular weight is 288 g/mol. The topological polar surface area (TPSA) is 23.5 Å². The first-order valence-electron chi connectivity index (χ1n) is 6.96. The molecule has 1 aliphatic rings. The summed E-state index contributed by atoms with van der Waals surface area (Å²) in [7, 11) is 0. The van der Waals surface area contributed by atoms with Crippen LogP contribution in [0.2, 0.25) is 5.02 Å². The number of phenolic OH excluding ortho intramolecular Hbond substituents is 1. The number of anilines is 1. The van der Waals surface area contributed by atoms with Gasteiger partial charge in [-0.25, -0.2) is 0 Å². The van der Waals surface area contributed by atoms with Gasteiger partial charge in [-0.2, -0.15) is 0 Å². The average Bonchev–Trinajstić information content (AvgIpc) is 2.44. The first-order chi connectivity index (χ1) is 9.65. The third-order valence-electron chi connectivity index (χ3n) is 3.88. The van der Waals surface area contributed by atoms with Crippen molar-refractivity contribution in [3.05, 3.63) is 58.1 Å². The van der Waals surface area contributed by atoms with Crippen molar-refractivity contribution in [2.75, 3.05) is 11.4 Å². The van der Waals surface area contributed by atoms with Crippen LogP contribution in [0.1, 0.15) is 23.1 Å². The molecule has 2 aromatic rings. The second-order valence-corrected chi connectivity index (χ2v) is 5.81. The van der Waals surface area contributed by atoms with Crippen molar-refractivity contribution in [1.82, 2.24) is 0 Å². The molecular weight excluding hydrogens is 270 g/mol. The van der Waals surface area contributed by atoms with Gasteiger partial charge in [0.1, 0.15) is 5.75 Å². The molecule has 0 atom stereocenters. The summed E-state index contributed by atoms with van der Waals surface area (Å²) in [6, 6.07) is 12.1. The van der Waals surface area contributed by atoms with Crippen LogP contribution in [0.3, 0.4) is 0 Å². The second kappa shape index (κ2) is 5.37. The first kappa shape index (κ1) is 13.3. The van der Waals surface area contributed by atoms with E-state index in [0.717, 1.165) is 24.9 Å². The molecule has 3 rings (SSSR count). The zero-order chi connectivity index (χ0) is 14.1. The van der Waals surface area contributed by atoms with Crippen LogP contribution >= 0.6 is 11.6 Å². The van der Waals surface area contributed by atoms with Crippen molar-refractivity contribution in [1.29, 1.82) is 0 Å². The highest BCUT2D eigenvalue weighted by molar-refractivity contribution is 6.32. The van der Waals surface area contributed by atoms with Crippen LogP contribution in [-0.2, 0) is 13.0 Å². The first-order valence-corrected chi connectivity index (χ1v) is 7.34. The highest BCUT2D eigenvalue weighted by Crippen LogP contribution is 2.33. The number of aryl methyl sites for hydroxylation is 2. The van der Waals surface area contributed by atoms with E-state index in [9.17, 15) is 5.11 Å². The molecule has 0 unspecified atom stereocenters. The van der Waals surface area contributed by atoms with Gasteiger partial charge in [0.25, 0.3) is 0 Å². The van der Waals surface area contributed by atoms with E-state index in [0.29, 0.717) is 11.6 Å². The standard InChI is InChI=1S/C17H18ClNO/c1-12-7-8-16-13(10-12)5-3-9-19(16)11-14-4-2-6-15(18)17(14)20/h2,4,6-8,10,20H,3,5,9,11H2,1H3. The van der Waals surface area contributed by atoms with Gasteiger partial charge in [-0.15, -0.1) is 0 Å². The van der Waals surface area contributed by atoms with E-state index < -0.39 is 0 Å². The van der Waals surface area contributed by atoms with Gasteiger partial charge >= 0.3 is 0 Å². The van der Waals surface area contributed by atoms with Crippen molar-refractivity contribution in [2.24, 2.45) is 0 Å².